The van der Waals surface area contributed by atoms with E-state index in [-0.39, 0.29) is 0 Å². The smallest absolute Gasteiger partial charge is 0.124 e. The lowest BCUT2D eigenvalue weighted by Crippen LogP contribution is -2.31. The second-order valence-corrected chi connectivity index (χ2v) is 4.47. The Bertz CT molecular complexity index is 349. The molecular weight excluding hydrogens is 188 g/mol. The van der Waals surface area contributed by atoms with Gasteiger partial charge in [0.05, 0.1) is 6.61 Å². The molecule has 0 radical (unpaired) electrons. The molecule has 1 atom stereocenters. The van der Waals surface area contributed by atoms with Gasteiger partial charge in [-0.1, -0.05) is 6.07 Å². The van der Waals surface area contributed by atoms with Crippen LogP contribution in [0, 0.1) is 5.92 Å². The van der Waals surface area contributed by atoms with Gasteiger partial charge in [-0.15, -0.1) is 0 Å². The molecule has 15 heavy (non-hydrogen) atoms. The first-order chi connectivity index (χ1) is 7.16. The van der Waals surface area contributed by atoms with Gasteiger partial charge >= 0.3 is 0 Å². The Morgan fingerprint density at radius 1 is 1.47 bits per heavy atom. The van der Waals surface area contributed by atoms with E-state index in [9.17, 15) is 0 Å². The number of anilines is 1. The van der Waals surface area contributed by atoms with Crippen LogP contribution in [0.1, 0.15) is 5.56 Å². The molecule has 3 heteroatoms. The van der Waals surface area contributed by atoms with E-state index in [0.29, 0.717) is 5.92 Å². The molecule has 0 amide bonds. The van der Waals surface area contributed by atoms with Crippen LogP contribution < -0.4 is 10.5 Å². The van der Waals surface area contributed by atoms with E-state index in [1.165, 1.54) is 5.56 Å². The maximum absolute atomic E-state index is 5.94. The fourth-order valence-electron chi connectivity index (χ4n) is 2.13. The maximum Gasteiger partial charge on any atom is 0.124 e. The Kier molecular flexibility index (Phi) is 2.82. The molecule has 1 heterocycles. The van der Waals surface area contributed by atoms with E-state index in [0.717, 1.165) is 31.0 Å². The molecule has 0 fully saturated rings. The van der Waals surface area contributed by atoms with E-state index in [4.69, 9.17) is 10.5 Å². The molecule has 1 aromatic carbocycles. The van der Waals surface area contributed by atoms with Gasteiger partial charge in [-0.05, 0) is 32.6 Å². The van der Waals surface area contributed by atoms with Crippen LogP contribution in [-0.2, 0) is 6.42 Å². The molecule has 0 saturated heterocycles. The first-order valence-corrected chi connectivity index (χ1v) is 5.31. The minimum Gasteiger partial charge on any atom is -0.493 e. The van der Waals surface area contributed by atoms with Crippen LogP contribution in [0.2, 0.25) is 0 Å². The molecule has 0 aliphatic carbocycles. The molecule has 2 N–H and O–H groups in total. The lowest BCUT2D eigenvalue weighted by Gasteiger charge is -2.28. The second-order valence-electron chi connectivity index (χ2n) is 4.47. The van der Waals surface area contributed by atoms with Gasteiger partial charge < -0.3 is 15.4 Å². The summed E-state index contributed by atoms with van der Waals surface area (Å²) in [5.41, 5.74) is 7.97. The van der Waals surface area contributed by atoms with Crippen molar-refractivity contribution in [2.75, 3.05) is 33.0 Å². The molecule has 0 spiro atoms. The Balaban J connectivity index is 2.15. The topological polar surface area (TPSA) is 38.5 Å². The fraction of sp³-hybridized carbons (Fsp3) is 0.500. The second kappa shape index (κ2) is 4.11. The number of rotatable bonds is 2. The van der Waals surface area contributed by atoms with Gasteiger partial charge in [0, 0.05) is 23.7 Å². The normalized spacial score (nSPS) is 19.8. The van der Waals surface area contributed by atoms with Crippen LogP contribution in [0.15, 0.2) is 18.2 Å². The van der Waals surface area contributed by atoms with Crippen molar-refractivity contribution in [3.8, 4) is 5.75 Å². The molecule has 82 valence electrons. The van der Waals surface area contributed by atoms with Crippen molar-refractivity contribution in [1.29, 1.82) is 0 Å². The van der Waals surface area contributed by atoms with Crippen LogP contribution in [0.25, 0.3) is 0 Å². The number of nitrogens with two attached hydrogens (primary N) is 1. The summed E-state index contributed by atoms with van der Waals surface area (Å²) in [4.78, 5) is 2.19. The SMILES string of the molecule is CN(C)CC1COc2cccc(N)c2C1. The Morgan fingerprint density at radius 3 is 3.00 bits per heavy atom. The number of fused-ring (bicyclic) bond motifs is 1. The van der Waals surface area contributed by atoms with Crippen molar-refractivity contribution in [3.63, 3.8) is 0 Å². The average molecular weight is 206 g/mol. The number of ether oxygens (including phenoxy) is 1. The van der Waals surface area contributed by atoms with E-state index in [2.05, 4.69) is 19.0 Å². The van der Waals surface area contributed by atoms with Crippen molar-refractivity contribution in [2.45, 2.75) is 6.42 Å². The number of hydrogen-bond donors (Lipinski definition) is 1. The lowest BCUT2D eigenvalue weighted by molar-refractivity contribution is 0.188. The van der Waals surface area contributed by atoms with Crippen molar-refractivity contribution in [2.24, 2.45) is 5.92 Å². The third-order valence-electron chi connectivity index (χ3n) is 2.76. The minimum atomic E-state index is 0.553. The van der Waals surface area contributed by atoms with Crippen molar-refractivity contribution in [1.82, 2.24) is 4.90 Å². The first-order valence-electron chi connectivity index (χ1n) is 5.31. The monoisotopic (exact) mass is 206 g/mol. The van der Waals surface area contributed by atoms with Gasteiger partial charge in [0.2, 0.25) is 0 Å². The van der Waals surface area contributed by atoms with Crippen LogP contribution in [0.5, 0.6) is 5.75 Å². The van der Waals surface area contributed by atoms with E-state index in [1.807, 2.05) is 18.2 Å². The van der Waals surface area contributed by atoms with Crippen molar-refractivity contribution >= 4 is 5.69 Å². The molecule has 0 bridgehead atoms. The highest BCUT2D eigenvalue weighted by atomic mass is 16.5. The van der Waals surface area contributed by atoms with Crippen molar-refractivity contribution < 1.29 is 4.74 Å². The zero-order valence-electron chi connectivity index (χ0n) is 9.36. The molecule has 1 aliphatic heterocycles. The van der Waals surface area contributed by atoms with E-state index in [1.54, 1.807) is 0 Å². The van der Waals surface area contributed by atoms with Gasteiger partial charge in [-0.25, -0.2) is 0 Å². The summed E-state index contributed by atoms with van der Waals surface area (Å²) in [6.07, 6.45) is 1.03. The molecule has 0 aromatic heterocycles. The third-order valence-corrected chi connectivity index (χ3v) is 2.76. The van der Waals surface area contributed by atoms with Gasteiger partial charge in [-0.2, -0.15) is 0 Å². The summed E-state index contributed by atoms with van der Waals surface area (Å²) >= 11 is 0. The number of nitrogen functional groups attached to an aromatic ring is 1. The highest BCUT2D eigenvalue weighted by Gasteiger charge is 2.21. The lowest BCUT2D eigenvalue weighted by atomic mass is 9.95. The number of hydrogen-bond acceptors (Lipinski definition) is 3. The van der Waals surface area contributed by atoms with Gasteiger partial charge in [-0.3, -0.25) is 0 Å². The summed E-state index contributed by atoms with van der Waals surface area (Å²) in [6.45, 7) is 1.85. The van der Waals surface area contributed by atoms with Crippen LogP contribution in [0.3, 0.4) is 0 Å². The molecular formula is C12H18N2O. The zero-order chi connectivity index (χ0) is 10.8. The first kappa shape index (κ1) is 10.3. The summed E-state index contributed by atoms with van der Waals surface area (Å²) in [5.74, 6) is 1.52. The van der Waals surface area contributed by atoms with Crippen LogP contribution in [0.4, 0.5) is 5.69 Å². The highest BCUT2D eigenvalue weighted by molar-refractivity contribution is 5.55. The van der Waals surface area contributed by atoms with Gasteiger partial charge in [0.15, 0.2) is 0 Å². The summed E-state index contributed by atoms with van der Waals surface area (Å²) in [7, 11) is 4.17. The van der Waals surface area contributed by atoms with Gasteiger partial charge in [0.25, 0.3) is 0 Å². The molecule has 1 aromatic rings. The summed E-state index contributed by atoms with van der Waals surface area (Å²) in [6, 6.07) is 5.89. The van der Waals surface area contributed by atoms with E-state index < -0.39 is 0 Å². The fourth-order valence-corrected chi connectivity index (χ4v) is 2.13. The predicted octanol–water partition coefficient (Wildman–Crippen LogP) is 1.38. The maximum atomic E-state index is 5.94. The average Bonchev–Trinajstić information content (AvgIpc) is 2.18. The minimum absolute atomic E-state index is 0.553. The highest BCUT2D eigenvalue weighted by Crippen LogP contribution is 2.31. The third kappa shape index (κ3) is 2.23. The molecule has 0 saturated carbocycles. The molecule has 1 unspecified atom stereocenters. The molecule has 3 nitrogen and oxygen atoms in total. The van der Waals surface area contributed by atoms with Crippen LogP contribution in [-0.4, -0.2) is 32.1 Å². The Morgan fingerprint density at radius 2 is 2.27 bits per heavy atom. The Labute approximate surface area is 90.8 Å². The molecule has 2 rings (SSSR count). The summed E-state index contributed by atoms with van der Waals surface area (Å²) < 4.78 is 5.71. The van der Waals surface area contributed by atoms with E-state index >= 15 is 0 Å². The standard InChI is InChI=1S/C12H18N2O/c1-14(2)7-9-6-10-11(13)4-3-5-12(10)15-8-9/h3-5,9H,6-8,13H2,1-2H3. The van der Waals surface area contributed by atoms with Crippen LogP contribution >= 0.6 is 0 Å². The number of benzene rings is 1. The predicted molar refractivity (Wildman–Crippen MR) is 62.1 cm³/mol. The number of nitrogens with zero attached hydrogens (tertiary/aromatic N) is 1. The molecule has 1 aliphatic rings. The zero-order valence-corrected chi connectivity index (χ0v) is 9.36. The van der Waals surface area contributed by atoms with Crippen molar-refractivity contribution in [3.05, 3.63) is 23.8 Å². The largest absolute Gasteiger partial charge is 0.493 e. The summed E-state index contributed by atoms with van der Waals surface area (Å²) in [5, 5.41) is 0. The quantitative estimate of drug-likeness (QED) is 0.743. The Hall–Kier alpha value is -1.22. The van der Waals surface area contributed by atoms with Gasteiger partial charge in [0.1, 0.15) is 5.75 Å².